The first kappa shape index (κ1) is 11.8. The monoisotopic (exact) mass is 284 g/mol. The summed E-state index contributed by atoms with van der Waals surface area (Å²) in [5.41, 5.74) is 8.60. The van der Waals surface area contributed by atoms with E-state index in [0.717, 1.165) is 11.4 Å². The molecule has 2 heterocycles. The summed E-state index contributed by atoms with van der Waals surface area (Å²) in [5.74, 6) is 1.99. The standard InChI is InChI=1S/C14H12N4O3/c1-19-13-6-11-10(5-9(13)15)16-18(17-11)8-2-3-12-14(4-8)21-7-20-12/h2-6H,7,15H2,1H3. The third kappa shape index (κ3) is 1.82. The van der Waals surface area contributed by atoms with Crippen molar-refractivity contribution in [2.24, 2.45) is 0 Å². The van der Waals surface area contributed by atoms with Crippen molar-refractivity contribution in [1.82, 2.24) is 15.0 Å². The van der Waals surface area contributed by atoms with Crippen LogP contribution in [0.1, 0.15) is 0 Å². The second-order valence-electron chi connectivity index (χ2n) is 4.61. The average Bonchev–Trinajstić information content (AvgIpc) is 3.11. The molecule has 7 nitrogen and oxygen atoms in total. The van der Waals surface area contributed by atoms with Crippen LogP contribution in [0.2, 0.25) is 0 Å². The Balaban J connectivity index is 1.83. The van der Waals surface area contributed by atoms with E-state index in [4.69, 9.17) is 19.9 Å². The average molecular weight is 284 g/mol. The van der Waals surface area contributed by atoms with E-state index in [1.54, 1.807) is 19.2 Å². The van der Waals surface area contributed by atoms with Crippen molar-refractivity contribution in [2.75, 3.05) is 19.6 Å². The fraction of sp³-hybridized carbons (Fsp3) is 0.143. The van der Waals surface area contributed by atoms with Crippen LogP contribution in [0.25, 0.3) is 16.7 Å². The van der Waals surface area contributed by atoms with E-state index in [1.807, 2.05) is 18.2 Å². The van der Waals surface area contributed by atoms with Gasteiger partial charge in [0.1, 0.15) is 16.8 Å². The zero-order valence-electron chi connectivity index (χ0n) is 11.2. The summed E-state index contributed by atoms with van der Waals surface area (Å²) in [5, 5.41) is 8.85. The van der Waals surface area contributed by atoms with Crippen LogP contribution in [0.3, 0.4) is 0 Å². The molecule has 0 amide bonds. The Morgan fingerprint density at radius 3 is 2.67 bits per heavy atom. The number of methoxy groups -OCH3 is 1. The molecule has 0 fully saturated rings. The third-order valence-electron chi connectivity index (χ3n) is 3.32. The number of fused-ring (bicyclic) bond motifs is 2. The van der Waals surface area contributed by atoms with Gasteiger partial charge in [-0.05, 0) is 18.2 Å². The predicted octanol–water partition coefficient (Wildman–Crippen LogP) is 1.74. The molecule has 4 rings (SSSR count). The Hall–Kier alpha value is -2.96. The van der Waals surface area contributed by atoms with E-state index in [1.165, 1.54) is 4.80 Å². The van der Waals surface area contributed by atoms with Crippen LogP contribution in [0, 0.1) is 0 Å². The lowest BCUT2D eigenvalue weighted by Crippen LogP contribution is -1.98. The highest BCUT2D eigenvalue weighted by Crippen LogP contribution is 2.33. The van der Waals surface area contributed by atoms with Crippen molar-refractivity contribution in [3.8, 4) is 22.9 Å². The Bertz CT molecular complexity index is 844. The van der Waals surface area contributed by atoms with E-state index in [-0.39, 0.29) is 6.79 Å². The molecule has 0 radical (unpaired) electrons. The van der Waals surface area contributed by atoms with Gasteiger partial charge >= 0.3 is 0 Å². The molecule has 7 heteroatoms. The van der Waals surface area contributed by atoms with Crippen LogP contribution in [0.15, 0.2) is 30.3 Å². The molecule has 0 unspecified atom stereocenters. The molecule has 21 heavy (non-hydrogen) atoms. The van der Waals surface area contributed by atoms with Gasteiger partial charge in [-0.25, -0.2) is 0 Å². The number of nitrogen functional groups attached to an aromatic ring is 1. The maximum atomic E-state index is 5.88. The number of ether oxygens (including phenoxy) is 3. The molecule has 0 saturated carbocycles. The molecular formula is C14H12N4O3. The fourth-order valence-corrected chi connectivity index (χ4v) is 2.26. The van der Waals surface area contributed by atoms with Crippen molar-refractivity contribution in [1.29, 1.82) is 0 Å². The number of hydrogen-bond acceptors (Lipinski definition) is 6. The molecule has 0 bridgehead atoms. The molecule has 0 saturated heterocycles. The summed E-state index contributed by atoms with van der Waals surface area (Å²) >= 11 is 0. The molecular weight excluding hydrogens is 272 g/mol. The first-order valence-electron chi connectivity index (χ1n) is 6.35. The van der Waals surface area contributed by atoms with Gasteiger partial charge in [-0.3, -0.25) is 0 Å². The van der Waals surface area contributed by atoms with E-state index in [9.17, 15) is 0 Å². The van der Waals surface area contributed by atoms with Crippen molar-refractivity contribution >= 4 is 16.7 Å². The zero-order valence-corrected chi connectivity index (χ0v) is 11.2. The van der Waals surface area contributed by atoms with E-state index < -0.39 is 0 Å². The topological polar surface area (TPSA) is 84.4 Å². The van der Waals surface area contributed by atoms with Crippen LogP contribution in [-0.4, -0.2) is 28.9 Å². The normalized spacial score (nSPS) is 12.8. The van der Waals surface area contributed by atoms with Gasteiger partial charge in [0.2, 0.25) is 6.79 Å². The van der Waals surface area contributed by atoms with Gasteiger partial charge in [-0.15, -0.1) is 10.2 Å². The highest BCUT2D eigenvalue weighted by atomic mass is 16.7. The Morgan fingerprint density at radius 1 is 1.10 bits per heavy atom. The van der Waals surface area contributed by atoms with Gasteiger partial charge < -0.3 is 19.9 Å². The molecule has 1 aliphatic heterocycles. The van der Waals surface area contributed by atoms with Crippen molar-refractivity contribution in [2.45, 2.75) is 0 Å². The number of aromatic nitrogens is 3. The van der Waals surface area contributed by atoms with Crippen LogP contribution >= 0.6 is 0 Å². The lowest BCUT2D eigenvalue weighted by atomic mass is 10.2. The number of benzene rings is 2. The number of hydrogen-bond donors (Lipinski definition) is 1. The van der Waals surface area contributed by atoms with E-state index in [2.05, 4.69) is 10.2 Å². The predicted molar refractivity (Wildman–Crippen MR) is 76.0 cm³/mol. The van der Waals surface area contributed by atoms with Gasteiger partial charge in [-0.2, -0.15) is 4.80 Å². The summed E-state index contributed by atoms with van der Waals surface area (Å²) in [6, 6.07) is 9.04. The molecule has 2 N–H and O–H groups in total. The summed E-state index contributed by atoms with van der Waals surface area (Å²) in [7, 11) is 1.57. The van der Waals surface area contributed by atoms with E-state index in [0.29, 0.717) is 28.2 Å². The van der Waals surface area contributed by atoms with Crippen molar-refractivity contribution in [3.63, 3.8) is 0 Å². The van der Waals surface area contributed by atoms with E-state index >= 15 is 0 Å². The number of rotatable bonds is 2. The maximum Gasteiger partial charge on any atom is 0.231 e. The lowest BCUT2D eigenvalue weighted by Gasteiger charge is -2.01. The summed E-state index contributed by atoms with van der Waals surface area (Å²) < 4.78 is 15.8. The largest absolute Gasteiger partial charge is 0.495 e. The SMILES string of the molecule is COc1cc2nn(-c3ccc4c(c3)OCO4)nc2cc1N. The van der Waals surface area contributed by atoms with Gasteiger partial charge in [0.25, 0.3) is 0 Å². The number of nitrogens with two attached hydrogens (primary N) is 1. The first-order chi connectivity index (χ1) is 10.2. The maximum absolute atomic E-state index is 5.88. The van der Waals surface area contributed by atoms with Crippen molar-refractivity contribution < 1.29 is 14.2 Å². The highest BCUT2D eigenvalue weighted by molar-refractivity contribution is 5.81. The van der Waals surface area contributed by atoms with Gasteiger partial charge in [-0.1, -0.05) is 0 Å². The zero-order chi connectivity index (χ0) is 14.4. The molecule has 1 aliphatic rings. The van der Waals surface area contributed by atoms with Gasteiger partial charge in [0, 0.05) is 12.1 Å². The number of nitrogens with zero attached hydrogens (tertiary/aromatic N) is 3. The van der Waals surface area contributed by atoms with Crippen LogP contribution < -0.4 is 19.9 Å². The van der Waals surface area contributed by atoms with Gasteiger partial charge in [0.15, 0.2) is 11.5 Å². The minimum Gasteiger partial charge on any atom is -0.495 e. The Labute approximate surface area is 119 Å². The Kier molecular flexibility index (Phi) is 2.41. The molecule has 2 aromatic carbocycles. The third-order valence-corrected chi connectivity index (χ3v) is 3.32. The molecule has 1 aromatic heterocycles. The minimum atomic E-state index is 0.237. The first-order valence-corrected chi connectivity index (χ1v) is 6.35. The second kappa shape index (κ2) is 4.27. The van der Waals surface area contributed by atoms with Gasteiger partial charge in [0.05, 0.1) is 18.5 Å². The van der Waals surface area contributed by atoms with Crippen LogP contribution in [0.4, 0.5) is 5.69 Å². The van der Waals surface area contributed by atoms with Crippen molar-refractivity contribution in [3.05, 3.63) is 30.3 Å². The summed E-state index contributed by atoms with van der Waals surface area (Å²) in [6.45, 7) is 0.237. The smallest absolute Gasteiger partial charge is 0.231 e. The second-order valence-corrected chi connectivity index (χ2v) is 4.61. The molecule has 0 aliphatic carbocycles. The molecule has 0 spiro atoms. The minimum absolute atomic E-state index is 0.237. The number of anilines is 1. The molecule has 0 atom stereocenters. The molecule has 106 valence electrons. The summed E-state index contributed by atoms with van der Waals surface area (Å²) in [4.78, 5) is 1.53. The van der Waals surface area contributed by atoms with Crippen LogP contribution in [-0.2, 0) is 0 Å². The quantitative estimate of drug-likeness (QED) is 0.721. The lowest BCUT2D eigenvalue weighted by molar-refractivity contribution is 0.174. The summed E-state index contributed by atoms with van der Waals surface area (Å²) in [6.07, 6.45) is 0. The fourth-order valence-electron chi connectivity index (χ4n) is 2.26. The molecule has 3 aromatic rings. The highest BCUT2D eigenvalue weighted by Gasteiger charge is 2.15. The Morgan fingerprint density at radius 2 is 1.86 bits per heavy atom. The van der Waals surface area contributed by atoms with Crippen LogP contribution in [0.5, 0.6) is 17.2 Å².